The van der Waals surface area contributed by atoms with Gasteiger partial charge in [-0.1, -0.05) is 12.1 Å². The lowest BCUT2D eigenvalue weighted by atomic mass is 10.1. The molecule has 8 nitrogen and oxygen atoms in total. The average Bonchev–Trinajstić information content (AvgIpc) is 3.33. The number of likely N-dealkylation sites (tertiary alicyclic amines) is 1. The Morgan fingerprint density at radius 2 is 1.72 bits per heavy atom. The number of fused-ring (bicyclic) bond motifs is 1. The highest BCUT2D eigenvalue weighted by Gasteiger charge is 2.20. The summed E-state index contributed by atoms with van der Waals surface area (Å²) in [5, 5.41) is 2.75. The molecule has 2 aromatic carbocycles. The van der Waals surface area contributed by atoms with E-state index in [1.54, 1.807) is 29.2 Å². The third-order valence-electron chi connectivity index (χ3n) is 5.01. The Morgan fingerprint density at radius 1 is 1.06 bits per heavy atom. The molecule has 0 spiro atoms. The van der Waals surface area contributed by atoms with Crippen LogP contribution in [0.15, 0.2) is 47.3 Å². The Hall–Kier alpha value is -3.72. The third-order valence-corrected chi connectivity index (χ3v) is 5.01. The van der Waals surface area contributed by atoms with Crippen LogP contribution in [0.5, 0.6) is 0 Å². The van der Waals surface area contributed by atoms with Crippen LogP contribution in [0.1, 0.15) is 34.5 Å². The molecule has 3 aromatic rings. The maximum Gasteiger partial charge on any atom is 0.276 e. The maximum atomic E-state index is 13.4. The van der Waals surface area contributed by atoms with Gasteiger partial charge in [0.2, 0.25) is 0 Å². The van der Waals surface area contributed by atoms with E-state index >= 15 is 0 Å². The summed E-state index contributed by atoms with van der Waals surface area (Å²) >= 11 is 0. The minimum atomic E-state index is -0.576. The number of aromatic amines is 1. The fourth-order valence-electron chi connectivity index (χ4n) is 3.45. The first-order valence-electron chi connectivity index (χ1n) is 10.3. The van der Waals surface area contributed by atoms with Gasteiger partial charge in [0.15, 0.2) is 5.69 Å². The van der Waals surface area contributed by atoms with Gasteiger partial charge in [-0.25, -0.2) is 9.37 Å². The summed E-state index contributed by atoms with van der Waals surface area (Å²) in [4.78, 5) is 33.6. The Labute approximate surface area is 185 Å². The second kappa shape index (κ2) is 10.1. The van der Waals surface area contributed by atoms with Crippen molar-refractivity contribution < 1.29 is 9.18 Å². The van der Waals surface area contributed by atoms with Crippen LogP contribution >= 0.6 is 0 Å². The Bertz CT molecular complexity index is 1210. The molecule has 168 valence electrons. The fraction of sp³-hybridized carbons (Fsp3) is 0.261. The van der Waals surface area contributed by atoms with Crippen LogP contribution in [0.3, 0.4) is 0 Å². The summed E-state index contributed by atoms with van der Waals surface area (Å²) in [5.74, 6) is -0.537. The molecule has 0 saturated carbocycles. The summed E-state index contributed by atoms with van der Waals surface area (Å²) in [6.07, 6.45) is 2.00. The zero-order valence-electron chi connectivity index (χ0n) is 18.1. The molecular formula is C23H27FN6O2. The van der Waals surface area contributed by atoms with E-state index in [2.05, 4.69) is 15.3 Å². The largest absolute Gasteiger partial charge is 0.397 e. The number of nitrogens with two attached hydrogens (primary N) is 2. The van der Waals surface area contributed by atoms with Crippen LogP contribution in [0.25, 0.3) is 22.4 Å². The Morgan fingerprint density at radius 3 is 2.41 bits per heavy atom. The van der Waals surface area contributed by atoms with Crippen molar-refractivity contribution in [1.82, 2.24) is 20.2 Å². The monoisotopic (exact) mass is 438 g/mol. The van der Waals surface area contributed by atoms with Gasteiger partial charge in [-0.2, -0.15) is 0 Å². The van der Waals surface area contributed by atoms with Crippen LogP contribution in [0.4, 0.5) is 4.39 Å². The van der Waals surface area contributed by atoms with Crippen LogP contribution in [-0.4, -0.2) is 48.0 Å². The van der Waals surface area contributed by atoms with Crippen LogP contribution in [-0.2, 0) is 0 Å². The summed E-state index contributed by atoms with van der Waals surface area (Å²) < 4.78 is 13.4. The number of nitrogens with zero attached hydrogens (tertiary/aromatic N) is 2. The van der Waals surface area contributed by atoms with Crippen molar-refractivity contribution in [3.05, 3.63) is 75.5 Å². The lowest BCUT2D eigenvalue weighted by Crippen LogP contribution is -2.27. The number of carbonyl (C=O) groups is 1. The topological polar surface area (TPSA) is 130 Å². The maximum absolute atomic E-state index is 13.4. The number of amides is 1. The highest BCUT2D eigenvalue weighted by Crippen LogP contribution is 2.20. The number of halogens is 1. The van der Waals surface area contributed by atoms with Crippen molar-refractivity contribution in [3.63, 3.8) is 0 Å². The van der Waals surface area contributed by atoms with Gasteiger partial charge in [-0.05, 0) is 57.3 Å². The molecule has 0 atom stereocenters. The van der Waals surface area contributed by atoms with E-state index in [1.807, 2.05) is 14.1 Å². The SMILES string of the molecule is CNC.N/C(=C(/N)c1nc2ccc(F)cc2[nH]c1=O)c1cccc(C(=O)N2CCCC2)c1. The molecule has 1 fully saturated rings. The average molecular weight is 439 g/mol. The predicted molar refractivity (Wildman–Crippen MR) is 124 cm³/mol. The Kier molecular flexibility index (Phi) is 7.21. The molecule has 1 aliphatic rings. The molecule has 0 bridgehead atoms. The summed E-state index contributed by atoms with van der Waals surface area (Å²) in [7, 11) is 3.75. The minimum absolute atomic E-state index is 0.0109. The van der Waals surface area contributed by atoms with E-state index in [0.29, 0.717) is 16.6 Å². The molecule has 32 heavy (non-hydrogen) atoms. The van der Waals surface area contributed by atoms with Crippen LogP contribution in [0, 0.1) is 5.82 Å². The molecule has 6 N–H and O–H groups in total. The molecule has 4 rings (SSSR count). The lowest BCUT2D eigenvalue weighted by Gasteiger charge is -2.16. The van der Waals surface area contributed by atoms with Crippen LogP contribution < -0.4 is 22.3 Å². The molecule has 0 radical (unpaired) electrons. The fourth-order valence-corrected chi connectivity index (χ4v) is 3.45. The number of hydrogen-bond donors (Lipinski definition) is 4. The number of nitrogens with one attached hydrogen (secondary N) is 2. The smallest absolute Gasteiger partial charge is 0.276 e. The van der Waals surface area contributed by atoms with Gasteiger partial charge in [-0.15, -0.1) is 0 Å². The van der Waals surface area contributed by atoms with E-state index in [0.717, 1.165) is 25.9 Å². The quantitative estimate of drug-likeness (QED) is 0.494. The molecule has 0 aliphatic carbocycles. The first-order valence-corrected chi connectivity index (χ1v) is 10.3. The van der Waals surface area contributed by atoms with Crippen molar-refractivity contribution in [2.24, 2.45) is 11.5 Å². The van der Waals surface area contributed by atoms with Crippen molar-refractivity contribution in [2.75, 3.05) is 27.2 Å². The summed E-state index contributed by atoms with van der Waals surface area (Å²) in [5.41, 5.74) is 13.5. The zero-order valence-corrected chi connectivity index (χ0v) is 18.1. The van der Waals surface area contributed by atoms with Gasteiger partial charge >= 0.3 is 0 Å². The van der Waals surface area contributed by atoms with Gasteiger partial charge < -0.3 is 26.7 Å². The van der Waals surface area contributed by atoms with Gasteiger partial charge in [-0.3, -0.25) is 9.59 Å². The zero-order chi connectivity index (χ0) is 23.3. The molecule has 0 unspecified atom stereocenters. The lowest BCUT2D eigenvalue weighted by molar-refractivity contribution is 0.0793. The van der Waals surface area contributed by atoms with E-state index in [-0.39, 0.29) is 28.5 Å². The van der Waals surface area contributed by atoms with Crippen LogP contribution in [0.2, 0.25) is 0 Å². The molecular weight excluding hydrogens is 411 g/mol. The van der Waals surface area contributed by atoms with E-state index in [9.17, 15) is 14.0 Å². The number of carbonyl (C=O) groups excluding carboxylic acids is 1. The third kappa shape index (κ3) is 4.94. The number of benzene rings is 2. The number of rotatable bonds is 3. The summed E-state index contributed by atoms with van der Waals surface area (Å²) in [6.45, 7) is 1.49. The van der Waals surface area contributed by atoms with Gasteiger partial charge in [0.05, 0.1) is 22.4 Å². The van der Waals surface area contributed by atoms with Gasteiger partial charge in [0, 0.05) is 24.2 Å². The molecule has 1 aliphatic heterocycles. The summed E-state index contributed by atoms with van der Waals surface area (Å²) in [6, 6.07) is 10.7. The molecule has 1 saturated heterocycles. The van der Waals surface area contributed by atoms with Crippen molar-refractivity contribution >= 4 is 28.3 Å². The van der Waals surface area contributed by atoms with Crippen molar-refractivity contribution in [1.29, 1.82) is 0 Å². The predicted octanol–water partition coefficient (Wildman–Crippen LogP) is 1.88. The highest BCUT2D eigenvalue weighted by atomic mass is 19.1. The van der Waals surface area contributed by atoms with Crippen molar-refractivity contribution in [3.8, 4) is 0 Å². The van der Waals surface area contributed by atoms with E-state index in [1.165, 1.54) is 18.2 Å². The van der Waals surface area contributed by atoms with E-state index in [4.69, 9.17) is 11.5 Å². The second-order valence-electron chi connectivity index (χ2n) is 7.48. The van der Waals surface area contributed by atoms with Gasteiger partial charge in [0.25, 0.3) is 11.5 Å². The highest BCUT2D eigenvalue weighted by molar-refractivity contribution is 5.96. The standard InChI is InChI=1S/C21H20FN5O2.C2H7N/c22-14-6-7-15-16(11-14)26-20(28)19(25-15)18(24)17(23)12-4-3-5-13(10-12)21(29)27-8-1-2-9-27;1-3-2/h3-7,10-11H,1-2,8-9,23-24H2,(H,26,28);3H,1-2H3/b18-17+;. The second-order valence-corrected chi connectivity index (χ2v) is 7.48. The number of H-pyrrole nitrogens is 1. The Balaban J connectivity index is 0.000000913. The molecule has 1 amide bonds. The normalized spacial score (nSPS) is 14.0. The van der Waals surface area contributed by atoms with Crippen molar-refractivity contribution in [2.45, 2.75) is 12.8 Å². The first-order chi connectivity index (χ1) is 15.3. The van der Waals surface area contributed by atoms with E-state index < -0.39 is 11.4 Å². The number of hydrogen-bond acceptors (Lipinski definition) is 6. The first kappa shape index (κ1) is 23.0. The molecule has 9 heteroatoms. The van der Waals surface area contributed by atoms with Gasteiger partial charge in [0.1, 0.15) is 5.82 Å². The number of aromatic nitrogens is 2. The minimum Gasteiger partial charge on any atom is -0.397 e. The molecule has 1 aromatic heterocycles. The molecule has 2 heterocycles.